The van der Waals surface area contributed by atoms with E-state index in [1.54, 1.807) is 24.3 Å². The van der Waals surface area contributed by atoms with Crippen LogP contribution >= 0.6 is 0 Å². The molecule has 1 aromatic carbocycles. The monoisotopic (exact) mass is 298 g/mol. The quantitative estimate of drug-likeness (QED) is 0.836. The summed E-state index contributed by atoms with van der Waals surface area (Å²) in [5.74, 6) is 0.626. The van der Waals surface area contributed by atoms with Crippen molar-refractivity contribution in [3.05, 3.63) is 24.3 Å². The van der Waals surface area contributed by atoms with Gasteiger partial charge in [0.25, 0.3) is 0 Å². The van der Waals surface area contributed by atoms with Crippen LogP contribution in [0.3, 0.4) is 0 Å². The zero-order valence-electron chi connectivity index (χ0n) is 11.8. The topological polar surface area (TPSA) is 81.4 Å². The maximum Gasteiger partial charge on any atom is 0.241 e. The van der Waals surface area contributed by atoms with E-state index < -0.39 is 10.0 Å². The fourth-order valence-corrected chi connectivity index (χ4v) is 4.00. The van der Waals surface area contributed by atoms with E-state index in [2.05, 4.69) is 4.72 Å². The molecule has 0 saturated heterocycles. The Morgan fingerprint density at radius 1 is 1.25 bits per heavy atom. The molecule has 0 atom stereocenters. The van der Waals surface area contributed by atoms with E-state index in [0.29, 0.717) is 18.9 Å². The van der Waals surface area contributed by atoms with Gasteiger partial charge in [0.15, 0.2) is 0 Å². The molecule has 0 unspecified atom stereocenters. The van der Waals surface area contributed by atoms with Gasteiger partial charge in [0.2, 0.25) is 10.0 Å². The standard InChI is InChI=1S/C14H22N2O3S/c1-14(8-2-3-9-14)16-20(17,18)13-6-4-12(5-7-13)19-11-10-15/h4-7,16H,2-3,8-11,15H2,1H3. The minimum Gasteiger partial charge on any atom is -0.492 e. The predicted octanol–water partition coefficient (Wildman–Crippen LogP) is 1.64. The van der Waals surface area contributed by atoms with E-state index in [0.717, 1.165) is 25.7 Å². The highest BCUT2D eigenvalue weighted by Crippen LogP contribution is 2.30. The van der Waals surface area contributed by atoms with Crippen molar-refractivity contribution >= 4 is 10.0 Å². The maximum atomic E-state index is 12.3. The molecule has 1 saturated carbocycles. The normalized spacial score (nSPS) is 18.1. The Labute approximate surface area is 120 Å². The second-order valence-electron chi connectivity index (χ2n) is 5.48. The van der Waals surface area contributed by atoms with Gasteiger partial charge in [-0.2, -0.15) is 0 Å². The Balaban J connectivity index is 2.09. The van der Waals surface area contributed by atoms with E-state index in [9.17, 15) is 8.42 Å². The van der Waals surface area contributed by atoms with Crippen LogP contribution in [0.25, 0.3) is 0 Å². The first-order valence-electron chi connectivity index (χ1n) is 6.92. The van der Waals surface area contributed by atoms with Gasteiger partial charge in [-0.15, -0.1) is 0 Å². The average Bonchev–Trinajstić information content (AvgIpc) is 2.82. The van der Waals surface area contributed by atoms with Gasteiger partial charge in [0, 0.05) is 12.1 Å². The number of nitrogens with two attached hydrogens (primary N) is 1. The van der Waals surface area contributed by atoms with Crippen LogP contribution in [0, 0.1) is 0 Å². The maximum absolute atomic E-state index is 12.3. The van der Waals surface area contributed by atoms with Crippen molar-refractivity contribution in [1.82, 2.24) is 4.72 Å². The number of hydrogen-bond acceptors (Lipinski definition) is 4. The summed E-state index contributed by atoms with van der Waals surface area (Å²) in [7, 11) is -3.47. The van der Waals surface area contributed by atoms with Gasteiger partial charge in [-0.05, 0) is 44.0 Å². The Bertz CT molecular complexity index is 534. The van der Waals surface area contributed by atoms with Crippen LogP contribution in [-0.4, -0.2) is 27.1 Å². The summed E-state index contributed by atoms with van der Waals surface area (Å²) in [6, 6.07) is 6.43. The molecule has 112 valence electrons. The molecule has 0 aromatic heterocycles. The lowest BCUT2D eigenvalue weighted by molar-refractivity contribution is 0.328. The number of hydrogen-bond donors (Lipinski definition) is 2. The van der Waals surface area contributed by atoms with Gasteiger partial charge in [-0.25, -0.2) is 13.1 Å². The molecule has 5 nitrogen and oxygen atoms in total. The van der Waals surface area contributed by atoms with Crippen molar-refractivity contribution in [2.75, 3.05) is 13.2 Å². The van der Waals surface area contributed by atoms with E-state index in [-0.39, 0.29) is 10.4 Å². The molecular formula is C14H22N2O3S. The van der Waals surface area contributed by atoms with E-state index in [1.165, 1.54) is 0 Å². The Kier molecular flexibility index (Phi) is 4.67. The van der Waals surface area contributed by atoms with Gasteiger partial charge in [-0.3, -0.25) is 0 Å². The number of ether oxygens (including phenoxy) is 1. The Hall–Kier alpha value is -1.11. The molecule has 1 aliphatic carbocycles. The fraction of sp³-hybridized carbons (Fsp3) is 0.571. The summed E-state index contributed by atoms with van der Waals surface area (Å²) >= 11 is 0. The predicted molar refractivity (Wildman–Crippen MR) is 78.2 cm³/mol. The smallest absolute Gasteiger partial charge is 0.241 e. The molecule has 1 aromatic rings. The molecule has 1 fully saturated rings. The van der Waals surface area contributed by atoms with E-state index in [4.69, 9.17) is 10.5 Å². The number of benzene rings is 1. The zero-order chi connectivity index (χ0) is 14.6. The van der Waals surface area contributed by atoms with Crippen molar-refractivity contribution in [3.8, 4) is 5.75 Å². The summed E-state index contributed by atoms with van der Waals surface area (Å²) in [4.78, 5) is 0.269. The zero-order valence-corrected chi connectivity index (χ0v) is 12.6. The fourth-order valence-electron chi connectivity index (χ4n) is 2.53. The Morgan fingerprint density at radius 3 is 2.40 bits per heavy atom. The van der Waals surface area contributed by atoms with Gasteiger partial charge >= 0.3 is 0 Å². The lowest BCUT2D eigenvalue weighted by atomic mass is 10.0. The van der Waals surface area contributed by atoms with E-state index >= 15 is 0 Å². The molecule has 0 radical (unpaired) electrons. The van der Waals surface area contributed by atoms with Crippen molar-refractivity contribution in [1.29, 1.82) is 0 Å². The van der Waals surface area contributed by atoms with Crippen LogP contribution < -0.4 is 15.2 Å². The summed E-state index contributed by atoms with van der Waals surface area (Å²) in [5.41, 5.74) is 5.04. The lowest BCUT2D eigenvalue weighted by Crippen LogP contribution is -2.43. The van der Waals surface area contributed by atoms with Gasteiger partial charge in [-0.1, -0.05) is 12.8 Å². The second-order valence-corrected chi connectivity index (χ2v) is 7.16. The minimum atomic E-state index is -3.47. The summed E-state index contributed by atoms with van der Waals surface area (Å²) in [5, 5.41) is 0. The minimum absolute atomic E-state index is 0.269. The molecule has 20 heavy (non-hydrogen) atoms. The molecule has 0 heterocycles. The van der Waals surface area contributed by atoms with Crippen LogP contribution in [0.15, 0.2) is 29.2 Å². The highest BCUT2D eigenvalue weighted by molar-refractivity contribution is 7.89. The van der Waals surface area contributed by atoms with Crippen LogP contribution in [0.4, 0.5) is 0 Å². The third-order valence-corrected chi connectivity index (χ3v) is 5.26. The van der Waals surface area contributed by atoms with Crippen molar-refractivity contribution in [3.63, 3.8) is 0 Å². The van der Waals surface area contributed by atoms with E-state index in [1.807, 2.05) is 6.92 Å². The SMILES string of the molecule is CC1(NS(=O)(=O)c2ccc(OCCN)cc2)CCCC1. The van der Waals surface area contributed by atoms with Crippen molar-refractivity contribution in [2.45, 2.75) is 43.0 Å². The summed E-state index contributed by atoms with van der Waals surface area (Å²) in [6.45, 7) is 2.82. The third-order valence-electron chi connectivity index (χ3n) is 3.61. The largest absolute Gasteiger partial charge is 0.492 e. The van der Waals surface area contributed by atoms with Crippen LogP contribution in [-0.2, 0) is 10.0 Å². The highest BCUT2D eigenvalue weighted by atomic mass is 32.2. The molecule has 0 spiro atoms. The second kappa shape index (κ2) is 6.11. The number of sulfonamides is 1. The number of nitrogens with one attached hydrogen (secondary N) is 1. The Morgan fingerprint density at radius 2 is 1.85 bits per heavy atom. The highest BCUT2D eigenvalue weighted by Gasteiger charge is 2.33. The van der Waals surface area contributed by atoms with Crippen LogP contribution in [0.2, 0.25) is 0 Å². The molecule has 0 amide bonds. The average molecular weight is 298 g/mol. The molecule has 2 rings (SSSR count). The summed E-state index contributed by atoms with van der Waals surface area (Å²) in [6.07, 6.45) is 3.93. The third kappa shape index (κ3) is 3.71. The molecule has 3 N–H and O–H groups in total. The molecular weight excluding hydrogens is 276 g/mol. The van der Waals surface area contributed by atoms with Crippen LogP contribution in [0.5, 0.6) is 5.75 Å². The molecule has 6 heteroatoms. The molecule has 0 bridgehead atoms. The first kappa shape index (κ1) is 15.3. The summed E-state index contributed by atoms with van der Waals surface area (Å²) < 4.78 is 32.9. The first-order valence-corrected chi connectivity index (χ1v) is 8.40. The van der Waals surface area contributed by atoms with Crippen molar-refractivity contribution in [2.24, 2.45) is 5.73 Å². The van der Waals surface area contributed by atoms with Gasteiger partial charge in [0.1, 0.15) is 12.4 Å². The van der Waals surface area contributed by atoms with Crippen LogP contribution in [0.1, 0.15) is 32.6 Å². The molecule has 0 aliphatic heterocycles. The van der Waals surface area contributed by atoms with Crippen molar-refractivity contribution < 1.29 is 13.2 Å². The number of rotatable bonds is 6. The lowest BCUT2D eigenvalue weighted by Gasteiger charge is -2.24. The first-order chi connectivity index (χ1) is 9.45. The molecule has 1 aliphatic rings. The van der Waals surface area contributed by atoms with Gasteiger partial charge < -0.3 is 10.5 Å². The van der Waals surface area contributed by atoms with Gasteiger partial charge in [0.05, 0.1) is 4.90 Å².